The van der Waals surface area contributed by atoms with Crippen LogP contribution in [0, 0.1) is 6.92 Å². The predicted molar refractivity (Wildman–Crippen MR) is 107 cm³/mol. The summed E-state index contributed by atoms with van der Waals surface area (Å²) in [5.74, 6) is -5.27. The maximum absolute atomic E-state index is 13.1. The molecule has 0 saturated heterocycles. The zero-order valence-electron chi connectivity index (χ0n) is 17.7. The fourth-order valence-electron chi connectivity index (χ4n) is 3.28. The van der Waals surface area contributed by atoms with Crippen molar-refractivity contribution in [3.8, 4) is 5.88 Å². The third kappa shape index (κ3) is 5.56. The fourth-order valence-corrected chi connectivity index (χ4v) is 3.28. The smallest absolute Gasteiger partial charge is 0.340 e. The van der Waals surface area contributed by atoms with Crippen molar-refractivity contribution in [2.24, 2.45) is 0 Å². The monoisotopic (exact) mass is 470 g/mol. The standard InChI is InChI=1S/C21H22F4N4O4/c1-12-7-13(8-28-18(12)33-11-21(24,25)20(22)23)9-29-10-15-14(19(29)32)3-5-26-16(15)17(31)27-4-2-6-30/h3,5,7-8,20,30H,2,4,6,9-11H2,1H3,(H,27,31). The third-order valence-electron chi connectivity index (χ3n) is 4.94. The Kier molecular flexibility index (Phi) is 7.46. The largest absolute Gasteiger partial charge is 0.471 e. The van der Waals surface area contributed by atoms with Crippen molar-refractivity contribution in [3.05, 3.63) is 52.5 Å². The molecule has 0 radical (unpaired) electrons. The normalized spacial score (nSPS) is 13.4. The number of nitrogens with zero attached hydrogens (tertiary/aromatic N) is 3. The minimum atomic E-state index is -4.29. The highest BCUT2D eigenvalue weighted by Crippen LogP contribution is 2.28. The zero-order valence-corrected chi connectivity index (χ0v) is 17.7. The number of fused-ring (bicyclic) bond motifs is 1. The van der Waals surface area contributed by atoms with Crippen molar-refractivity contribution < 1.29 is 37.0 Å². The Morgan fingerprint density at radius 3 is 2.79 bits per heavy atom. The van der Waals surface area contributed by atoms with Gasteiger partial charge in [-0.2, -0.15) is 8.78 Å². The molecule has 0 bridgehead atoms. The first kappa shape index (κ1) is 24.4. The summed E-state index contributed by atoms with van der Waals surface area (Å²) in [6, 6.07) is 3.08. The van der Waals surface area contributed by atoms with Gasteiger partial charge in [0.1, 0.15) is 5.69 Å². The molecule has 33 heavy (non-hydrogen) atoms. The van der Waals surface area contributed by atoms with Gasteiger partial charge < -0.3 is 20.1 Å². The van der Waals surface area contributed by atoms with Crippen LogP contribution in [0.25, 0.3) is 0 Å². The molecule has 3 rings (SSSR count). The molecule has 12 heteroatoms. The zero-order chi connectivity index (χ0) is 24.2. The SMILES string of the molecule is Cc1cc(CN2Cc3c(ccnc3C(=O)NCCCO)C2=O)cnc1OCC(F)(F)C(F)F. The van der Waals surface area contributed by atoms with E-state index in [4.69, 9.17) is 9.84 Å². The quantitative estimate of drug-likeness (QED) is 0.408. The summed E-state index contributed by atoms with van der Waals surface area (Å²) in [6.07, 6.45) is -0.790. The minimum Gasteiger partial charge on any atom is -0.471 e. The van der Waals surface area contributed by atoms with Gasteiger partial charge in [-0.3, -0.25) is 14.6 Å². The van der Waals surface area contributed by atoms with Gasteiger partial charge in [0.05, 0.1) is 0 Å². The van der Waals surface area contributed by atoms with Gasteiger partial charge in [0, 0.05) is 55.3 Å². The number of aliphatic hydroxyl groups excluding tert-OH is 1. The minimum absolute atomic E-state index is 0.0706. The van der Waals surface area contributed by atoms with E-state index in [1.54, 1.807) is 6.07 Å². The van der Waals surface area contributed by atoms with Gasteiger partial charge in [0.15, 0.2) is 6.61 Å². The average molecular weight is 470 g/mol. The van der Waals surface area contributed by atoms with Crippen LogP contribution in [0.15, 0.2) is 24.5 Å². The molecule has 8 nitrogen and oxygen atoms in total. The number of aliphatic hydroxyl groups is 1. The molecule has 2 aromatic rings. The van der Waals surface area contributed by atoms with E-state index in [1.165, 1.54) is 30.3 Å². The van der Waals surface area contributed by atoms with Gasteiger partial charge >= 0.3 is 12.3 Å². The lowest BCUT2D eigenvalue weighted by Gasteiger charge is -2.18. The number of amides is 2. The van der Waals surface area contributed by atoms with E-state index in [2.05, 4.69) is 15.3 Å². The first-order chi connectivity index (χ1) is 15.6. The molecular weight excluding hydrogens is 448 g/mol. The molecule has 2 amide bonds. The highest BCUT2D eigenvalue weighted by Gasteiger charge is 2.42. The van der Waals surface area contributed by atoms with Crippen LogP contribution in [-0.4, -0.2) is 63.9 Å². The van der Waals surface area contributed by atoms with Crippen LogP contribution >= 0.6 is 0 Å². The summed E-state index contributed by atoms with van der Waals surface area (Å²) in [5, 5.41) is 11.5. The second-order valence-electron chi connectivity index (χ2n) is 7.50. The highest BCUT2D eigenvalue weighted by molar-refractivity contribution is 6.03. The second kappa shape index (κ2) is 10.1. The summed E-state index contributed by atoms with van der Waals surface area (Å²) < 4.78 is 55.5. The van der Waals surface area contributed by atoms with E-state index < -0.39 is 24.9 Å². The number of carbonyl (C=O) groups is 2. The van der Waals surface area contributed by atoms with Crippen LogP contribution < -0.4 is 10.1 Å². The number of nitrogens with one attached hydrogen (secondary N) is 1. The van der Waals surface area contributed by atoms with Crippen LogP contribution in [0.1, 0.15) is 44.0 Å². The van der Waals surface area contributed by atoms with Crippen LogP contribution in [-0.2, 0) is 13.1 Å². The molecule has 0 aliphatic carbocycles. The van der Waals surface area contributed by atoms with Gasteiger partial charge in [-0.05, 0) is 31.0 Å². The number of ether oxygens (including phenoxy) is 1. The summed E-state index contributed by atoms with van der Waals surface area (Å²) in [6.45, 7) is 0.447. The Labute approximate surface area is 186 Å². The van der Waals surface area contributed by atoms with E-state index in [0.29, 0.717) is 28.7 Å². The number of hydrogen-bond acceptors (Lipinski definition) is 6. The Morgan fingerprint density at radius 1 is 1.36 bits per heavy atom. The Bertz CT molecular complexity index is 1040. The van der Waals surface area contributed by atoms with E-state index in [1.807, 2.05) is 0 Å². The number of pyridine rings is 2. The van der Waals surface area contributed by atoms with E-state index >= 15 is 0 Å². The molecule has 2 aromatic heterocycles. The number of carbonyl (C=O) groups excluding carboxylic acids is 2. The Hall–Kier alpha value is -3.28. The Morgan fingerprint density at radius 2 is 2.12 bits per heavy atom. The van der Waals surface area contributed by atoms with Crippen molar-refractivity contribution in [1.29, 1.82) is 0 Å². The molecule has 0 saturated carbocycles. The van der Waals surface area contributed by atoms with Gasteiger partial charge in [-0.15, -0.1) is 0 Å². The molecule has 1 aliphatic heterocycles. The van der Waals surface area contributed by atoms with Gasteiger partial charge in [-0.25, -0.2) is 13.8 Å². The topological polar surface area (TPSA) is 105 Å². The number of alkyl halides is 4. The average Bonchev–Trinajstić information content (AvgIpc) is 3.08. The Balaban J connectivity index is 1.69. The second-order valence-corrected chi connectivity index (χ2v) is 7.50. The fraction of sp³-hybridized carbons (Fsp3) is 0.429. The van der Waals surface area contributed by atoms with Crippen molar-refractivity contribution in [2.45, 2.75) is 38.8 Å². The lowest BCUT2D eigenvalue weighted by molar-refractivity contribution is -0.148. The van der Waals surface area contributed by atoms with Crippen LogP contribution in [0.4, 0.5) is 17.6 Å². The number of aromatic nitrogens is 2. The maximum atomic E-state index is 13.1. The molecule has 178 valence electrons. The third-order valence-corrected chi connectivity index (χ3v) is 4.94. The van der Waals surface area contributed by atoms with Crippen LogP contribution in [0.2, 0.25) is 0 Å². The number of hydrogen-bond donors (Lipinski definition) is 2. The number of halogens is 4. The summed E-state index contributed by atoms with van der Waals surface area (Å²) >= 11 is 0. The van der Waals surface area contributed by atoms with Crippen molar-refractivity contribution in [3.63, 3.8) is 0 Å². The highest BCUT2D eigenvalue weighted by atomic mass is 19.3. The molecule has 2 N–H and O–H groups in total. The molecule has 3 heterocycles. The molecule has 0 aromatic carbocycles. The molecule has 0 atom stereocenters. The lowest BCUT2D eigenvalue weighted by atomic mass is 10.1. The van der Waals surface area contributed by atoms with E-state index in [-0.39, 0.29) is 43.7 Å². The molecule has 1 aliphatic rings. The van der Waals surface area contributed by atoms with Gasteiger partial charge in [0.2, 0.25) is 5.88 Å². The lowest BCUT2D eigenvalue weighted by Crippen LogP contribution is -2.34. The summed E-state index contributed by atoms with van der Waals surface area (Å²) in [7, 11) is 0. The molecule has 0 fully saturated rings. The first-order valence-electron chi connectivity index (χ1n) is 10.0. The van der Waals surface area contributed by atoms with E-state index in [0.717, 1.165) is 0 Å². The van der Waals surface area contributed by atoms with E-state index in [9.17, 15) is 27.2 Å². The van der Waals surface area contributed by atoms with Crippen LogP contribution in [0.3, 0.4) is 0 Å². The summed E-state index contributed by atoms with van der Waals surface area (Å²) in [4.78, 5) is 34.7. The number of aryl methyl sites for hydroxylation is 1. The summed E-state index contributed by atoms with van der Waals surface area (Å²) in [5.41, 5.74) is 1.84. The van der Waals surface area contributed by atoms with Crippen molar-refractivity contribution in [1.82, 2.24) is 20.2 Å². The van der Waals surface area contributed by atoms with Crippen molar-refractivity contribution >= 4 is 11.8 Å². The molecular formula is C21H22F4N4O4. The number of rotatable bonds is 10. The van der Waals surface area contributed by atoms with Crippen molar-refractivity contribution in [2.75, 3.05) is 19.8 Å². The molecule has 0 spiro atoms. The van der Waals surface area contributed by atoms with Crippen LogP contribution in [0.5, 0.6) is 5.88 Å². The maximum Gasteiger partial charge on any atom is 0.340 e. The first-order valence-corrected chi connectivity index (χ1v) is 10.0. The van der Waals surface area contributed by atoms with Gasteiger partial charge in [0.25, 0.3) is 11.8 Å². The predicted octanol–water partition coefficient (Wildman–Crippen LogP) is 2.33. The van der Waals surface area contributed by atoms with Gasteiger partial charge in [-0.1, -0.05) is 0 Å². The molecule has 0 unspecified atom stereocenters.